The van der Waals surface area contributed by atoms with Gasteiger partial charge in [-0.2, -0.15) is 0 Å². The van der Waals surface area contributed by atoms with Gasteiger partial charge in [0.05, 0.1) is 13.2 Å². The Morgan fingerprint density at radius 2 is 2.00 bits per heavy atom. The molecule has 0 radical (unpaired) electrons. The molecule has 5 heteroatoms. The zero-order chi connectivity index (χ0) is 20.7. The summed E-state index contributed by atoms with van der Waals surface area (Å²) in [6.45, 7) is 3.60. The third-order valence-corrected chi connectivity index (χ3v) is 6.34. The van der Waals surface area contributed by atoms with Gasteiger partial charge in [0.25, 0.3) is 0 Å². The number of benzene rings is 1. The van der Waals surface area contributed by atoms with Crippen LogP contribution in [0.2, 0.25) is 0 Å². The van der Waals surface area contributed by atoms with E-state index in [1.165, 1.54) is 25.7 Å². The van der Waals surface area contributed by atoms with Crippen molar-refractivity contribution in [3.05, 3.63) is 53.3 Å². The smallest absolute Gasteiger partial charge is 0.332 e. The number of aryl methyl sites for hydroxylation is 1. The minimum Gasteiger partial charge on any atom is -0.352 e. The average molecular weight is 405 g/mol. The first-order chi connectivity index (χ1) is 14.5. The molecule has 2 aromatic rings. The SMILES string of the molecule is Cc1ccc(C#CC2CC2)cc1N(C)C(=O)n1ccc(CC2OCC3(CC3)CO2)c1. The first kappa shape index (κ1) is 19.4. The van der Waals surface area contributed by atoms with Crippen LogP contribution >= 0.6 is 0 Å². The molecule has 1 aromatic carbocycles. The lowest BCUT2D eigenvalue weighted by Crippen LogP contribution is -2.34. The van der Waals surface area contributed by atoms with Gasteiger partial charge in [0.2, 0.25) is 0 Å². The number of carbonyl (C=O) groups is 1. The summed E-state index contributed by atoms with van der Waals surface area (Å²) in [6, 6.07) is 7.92. The standard InChI is InChI=1S/C25H28N2O3/c1-18-3-4-20(8-7-19-5-6-19)13-22(18)26(2)24(28)27-12-9-21(15-27)14-23-29-16-25(10-11-25)17-30-23/h3-4,9,12-13,15,19,23H,5-6,10-11,14,16-17H2,1-2H3. The van der Waals surface area contributed by atoms with Gasteiger partial charge in [0, 0.05) is 48.4 Å². The lowest BCUT2D eigenvalue weighted by molar-refractivity contribution is -0.206. The zero-order valence-electron chi connectivity index (χ0n) is 17.7. The number of anilines is 1. The van der Waals surface area contributed by atoms with Crippen molar-refractivity contribution in [3.8, 4) is 11.8 Å². The summed E-state index contributed by atoms with van der Waals surface area (Å²) in [5.74, 6) is 7.09. The van der Waals surface area contributed by atoms with Gasteiger partial charge in [-0.1, -0.05) is 17.9 Å². The number of ether oxygens (including phenoxy) is 2. The predicted molar refractivity (Wildman–Crippen MR) is 115 cm³/mol. The normalized spacial score (nSPS) is 19.9. The van der Waals surface area contributed by atoms with Gasteiger partial charge >= 0.3 is 6.03 Å². The highest BCUT2D eigenvalue weighted by Gasteiger charge is 2.46. The second kappa shape index (κ2) is 7.61. The molecule has 2 saturated carbocycles. The molecule has 1 amide bonds. The van der Waals surface area contributed by atoms with Crippen molar-refractivity contribution in [2.45, 2.75) is 45.3 Å². The summed E-state index contributed by atoms with van der Waals surface area (Å²) in [5.41, 5.74) is 4.22. The average Bonchev–Trinajstić information content (AvgIpc) is 3.68. The second-order valence-electron chi connectivity index (χ2n) is 9.07. The van der Waals surface area contributed by atoms with Crippen LogP contribution in [0, 0.1) is 30.1 Å². The molecule has 5 rings (SSSR count). The lowest BCUT2D eigenvalue weighted by atomic mass is 10.1. The minimum atomic E-state index is -0.219. The molecule has 0 bridgehead atoms. The summed E-state index contributed by atoms with van der Waals surface area (Å²) in [4.78, 5) is 14.8. The molecule has 0 atom stereocenters. The van der Waals surface area contributed by atoms with Crippen LogP contribution in [0.4, 0.5) is 10.5 Å². The minimum absolute atomic E-state index is 0.0981. The number of hydrogen-bond donors (Lipinski definition) is 0. The van der Waals surface area contributed by atoms with Crippen LogP contribution in [0.5, 0.6) is 0 Å². The summed E-state index contributed by atoms with van der Waals surface area (Å²) >= 11 is 0. The number of amides is 1. The molecular weight excluding hydrogens is 376 g/mol. The van der Waals surface area contributed by atoms with Crippen molar-refractivity contribution in [2.75, 3.05) is 25.2 Å². The van der Waals surface area contributed by atoms with E-state index in [9.17, 15) is 4.79 Å². The van der Waals surface area contributed by atoms with Crippen molar-refractivity contribution < 1.29 is 14.3 Å². The van der Waals surface area contributed by atoms with E-state index in [0.29, 0.717) is 17.8 Å². The molecule has 30 heavy (non-hydrogen) atoms. The van der Waals surface area contributed by atoms with Crippen LogP contribution in [0.25, 0.3) is 0 Å². The number of hydrogen-bond acceptors (Lipinski definition) is 3. The molecule has 1 aromatic heterocycles. The molecule has 1 spiro atoms. The van der Waals surface area contributed by atoms with Gasteiger partial charge in [-0.25, -0.2) is 4.79 Å². The van der Waals surface area contributed by atoms with E-state index in [4.69, 9.17) is 9.47 Å². The maximum atomic E-state index is 13.1. The van der Waals surface area contributed by atoms with E-state index in [1.54, 1.807) is 9.47 Å². The van der Waals surface area contributed by atoms with Gasteiger partial charge in [0.15, 0.2) is 6.29 Å². The summed E-state index contributed by atoms with van der Waals surface area (Å²) < 4.78 is 13.4. The Morgan fingerprint density at radius 3 is 2.70 bits per heavy atom. The Kier molecular flexibility index (Phi) is 4.92. The maximum absolute atomic E-state index is 13.1. The summed E-state index contributed by atoms with van der Waals surface area (Å²) in [5, 5.41) is 0. The molecule has 0 N–H and O–H groups in total. The quantitative estimate of drug-likeness (QED) is 0.714. The van der Waals surface area contributed by atoms with Gasteiger partial charge in [0.1, 0.15) is 0 Å². The fourth-order valence-electron chi connectivity index (χ4n) is 3.82. The van der Waals surface area contributed by atoms with E-state index < -0.39 is 0 Å². The first-order valence-electron chi connectivity index (χ1n) is 10.8. The Morgan fingerprint density at radius 1 is 1.23 bits per heavy atom. The maximum Gasteiger partial charge on any atom is 0.332 e. The van der Waals surface area contributed by atoms with Gasteiger partial charge < -0.3 is 9.47 Å². The fraction of sp³-hybridized carbons (Fsp3) is 0.480. The van der Waals surface area contributed by atoms with Crippen molar-refractivity contribution in [3.63, 3.8) is 0 Å². The molecular formula is C25H28N2O3. The highest BCUT2D eigenvalue weighted by atomic mass is 16.7. The summed E-state index contributed by atoms with van der Waals surface area (Å²) in [6.07, 6.45) is 8.96. The lowest BCUT2D eigenvalue weighted by Gasteiger charge is -2.29. The Hall–Kier alpha value is -2.55. The largest absolute Gasteiger partial charge is 0.352 e. The number of nitrogens with zero attached hydrogens (tertiary/aromatic N) is 2. The third kappa shape index (κ3) is 4.16. The van der Waals surface area contributed by atoms with Crippen molar-refractivity contribution in [2.24, 2.45) is 11.3 Å². The van der Waals surface area contributed by atoms with Crippen molar-refractivity contribution in [1.82, 2.24) is 4.57 Å². The van der Waals surface area contributed by atoms with Crippen LogP contribution in [0.3, 0.4) is 0 Å². The predicted octanol–water partition coefficient (Wildman–Crippen LogP) is 4.36. The van der Waals surface area contributed by atoms with E-state index >= 15 is 0 Å². The molecule has 3 fully saturated rings. The molecule has 3 aliphatic rings. The number of carbonyl (C=O) groups excluding carboxylic acids is 1. The van der Waals surface area contributed by atoms with Crippen molar-refractivity contribution in [1.29, 1.82) is 0 Å². The van der Waals surface area contributed by atoms with Crippen LogP contribution in [-0.2, 0) is 15.9 Å². The molecule has 156 valence electrons. The molecule has 2 heterocycles. The Labute approximate surface area is 178 Å². The molecule has 2 aliphatic carbocycles. The molecule has 1 saturated heterocycles. The second-order valence-corrected chi connectivity index (χ2v) is 9.07. The van der Waals surface area contributed by atoms with E-state index in [0.717, 1.165) is 35.6 Å². The Bertz CT molecular complexity index is 1010. The highest BCUT2D eigenvalue weighted by Crippen LogP contribution is 2.48. The van der Waals surface area contributed by atoms with E-state index in [2.05, 4.69) is 11.8 Å². The van der Waals surface area contributed by atoms with Gasteiger partial charge in [-0.15, -0.1) is 0 Å². The molecule has 5 nitrogen and oxygen atoms in total. The van der Waals surface area contributed by atoms with E-state index in [-0.39, 0.29) is 12.3 Å². The molecule has 0 unspecified atom stereocenters. The first-order valence-corrected chi connectivity index (χ1v) is 10.8. The summed E-state index contributed by atoms with van der Waals surface area (Å²) in [7, 11) is 1.81. The topological polar surface area (TPSA) is 43.7 Å². The highest BCUT2D eigenvalue weighted by molar-refractivity contribution is 5.94. The zero-order valence-corrected chi connectivity index (χ0v) is 17.7. The van der Waals surface area contributed by atoms with E-state index in [1.807, 2.05) is 50.6 Å². The fourth-order valence-corrected chi connectivity index (χ4v) is 3.82. The van der Waals surface area contributed by atoms with Gasteiger partial charge in [-0.05, 0) is 61.9 Å². The van der Waals surface area contributed by atoms with Crippen LogP contribution < -0.4 is 4.90 Å². The Balaban J connectivity index is 1.25. The van der Waals surface area contributed by atoms with Gasteiger partial charge in [-0.3, -0.25) is 9.47 Å². The van der Waals surface area contributed by atoms with Crippen LogP contribution in [0.1, 0.15) is 42.4 Å². The number of aromatic nitrogens is 1. The third-order valence-electron chi connectivity index (χ3n) is 6.34. The monoisotopic (exact) mass is 404 g/mol. The van der Waals surface area contributed by atoms with Crippen LogP contribution in [-0.4, -0.2) is 37.1 Å². The number of rotatable bonds is 3. The van der Waals surface area contributed by atoms with Crippen molar-refractivity contribution >= 4 is 11.7 Å². The van der Waals surface area contributed by atoms with Crippen LogP contribution in [0.15, 0.2) is 36.7 Å². The molecule has 1 aliphatic heterocycles.